The van der Waals surface area contributed by atoms with Crippen molar-refractivity contribution in [2.75, 3.05) is 69.0 Å². The second-order valence-corrected chi connectivity index (χ2v) is 6.96. The van der Waals surface area contributed by atoms with Gasteiger partial charge in [-0.1, -0.05) is 0 Å². The zero-order valence-electron chi connectivity index (χ0n) is 16.7. The molecule has 3 rings (SSSR count). The number of morpholine rings is 1. The molecule has 2 N–H and O–H groups in total. The molecule has 2 heterocycles. The summed E-state index contributed by atoms with van der Waals surface area (Å²) in [5.74, 6) is 0.970. The lowest BCUT2D eigenvalue weighted by Gasteiger charge is -2.26. The molecule has 1 amide bonds. The lowest BCUT2D eigenvalue weighted by Crippen LogP contribution is -2.39. The molecule has 0 radical (unpaired) electrons. The average Bonchev–Trinajstić information content (AvgIpc) is 2.69. The van der Waals surface area contributed by atoms with E-state index in [9.17, 15) is 4.79 Å². The van der Waals surface area contributed by atoms with Crippen LogP contribution in [-0.2, 0) is 4.74 Å². The number of anilines is 3. The van der Waals surface area contributed by atoms with E-state index < -0.39 is 0 Å². The van der Waals surface area contributed by atoms with E-state index in [1.54, 1.807) is 13.0 Å². The molecule has 2 aromatic rings. The molecule has 1 aromatic heterocycles. The van der Waals surface area contributed by atoms with Crippen molar-refractivity contribution < 1.29 is 9.53 Å². The maximum absolute atomic E-state index is 12.6. The molecular formula is C20H28N6O2. The highest BCUT2D eigenvalue weighted by molar-refractivity contribution is 6.03. The third-order valence-corrected chi connectivity index (χ3v) is 4.55. The zero-order valence-corrected chi connectivity index (χ0v) is 16.7. The van der Waals surface area contributed by atoms with Gasteiger partial charge >= 0.3 is 0 Å². The van der Waals surface area contributed by atoms with Gasteiger partial charge in [0.2, 0.25) is 0 Å². The zero-order chi connectivity index (χ0) is 19.9. The van der Waals surface area contributed by atoms with E-state index in [-0.39, 0.29) is 5.91 Å². The number of carbonyl (C=O) groups is 1. The van der Waals surface area contributed by atoms with Gasteiger partial charge in [0.05, 0.1) is 13.2 Å². The van der Waals surface area contributed by atoms with Crippen molar-refractivity contribution >= 4 is 23.1 Å². The number of nitrogens with zero attached hydrogens (tertiary/aromatic N) is 4. The third kappa shape index (κ3) is 5.64. The Bertz CT molecular complexity index is 788. The number of nitrogens with one attached hydrogen (secondary N) is 2. The van der Waals surface area contributed by atoms with Crippen molar-refractivity contribution in [1.29, 1.82) is 0 Å². The van der Waals surface area contributed by atoms with Gasteiger partial charge in [-0.05, 0) is 31.2 Å². The Morgan fingerprint density at radius 3 is 2.57 bits per heavy atom. The number of aryl methyl sites for hydroxylation is 1. The molecular weight excluding hydrogens is 356 g/mol. The molecule has 0 saturated carbocycles. The van der Waals surface area contributed by atoms with Gasteiger partial charge in [0.25, 0.3) is 5.91 Å². The molecule has 150 valence electrons. The number of ether oxygens (including phenoxy) is 1. The van der Waals surface area contributed by atoms with Crippen LogP contribution in [0.2, 0.25) is 0 Å². The number of benzene rings is 1. The molecule has 1 aliphatic heterocycles. The van der Waals surface area contributed by atoms with E-state index in [1.165, 1.54) is 0 Å². The van der Waals surface area contributed by atoms with Gasteiger partial charge in [-0.3, -0.25) is 9.69 Å². The summed E-state index contributed by atoms with van der Waals surface area (Å²) in [5, 5.41) is 6.18. The number of carbonyl (C=O) groups excluding carboxylic acids is 1. The third-order valence-electron chi connectivity index (χ3n) is 4.55. The van der Waals surface area contributed by atoms with Crippen LogP contribution in [0.1, 0.15) is 16.3 Å². The molecule has 0 spiro atoms. The van der Waals surface area contributed by atoms with E-state index in [4.69, 9.17) is 4.74 Å². The smallest absolute Gasteiger partial charge is 0.274 e. The molecule has 1 aliphatic rings. The number of hydrogen-bond acceptors (Lipinski definition) is 7. The van der Waals surface area contributed by atoms with Gasteiger partial charge in [-0.15, -0.1) is 0 Å². The second-order valence-electron chi connectivity index (χ2n) is 6.96. The SMILES string of the molecule is Cc1nc(NCCN2CCOCC2)cc(C(=O)Nc2ccc(N(C)C)cc2)n1. The first-order valence-electron chi connectivity index (χ1n) is 9.49. The van der Waals surface area contributed by atoms with Crippen molar-refractivity contribution in [3.05, 3.63) is 41.9 Å². The summed E-state index contributed by atoms with van der Waals surface area (Å²) >= 11 is 0. The fourth-order valence-electron chi connectivity index (χ4n) is 2.98. The Morgan fingerprint density at radius 1 is 1.18 bits per heavy atom. The minimum Gasteiger partial charge on any atom is -0.379 e. The van der Waals surface area contributed by atoms with Crippen LogP contribution in [0, 0.1) is 6.92 Å². The van der Waals surface area contributed by atoms with Gasteiger partial charge in [0, 0.05) is 57.7 Å². The van der Waals surface area contributed by atoms with Crippen molar-refractivity contribution in [1.82, 2.24) is 14.9 Å². The molecule has 1 aromatic carbocycles. The highest BCUT2D eigenvalue weighted by Gasteiger charge is 2.12. The van der Waals surface area contributed by atoms with Gasteiger partial charge in [0.15, 0.2) is 0 Å². The minimum absolute atomic E-state index is 0.251. The summed E-state index contributed by atoms with van der Waals surface area (Å²) in [6.07, 6.45) is 0. The predicted molar refractivity (Wildman–Crippen MR) is 111 cm³/mol. The van der Waals surface area contributed by atoms with E-state index in [2.05, 4.69) is 25.5 Å². The van der Waals surface area contributed by atoms with Gasteiger partial charge < -0.3 is 20.3 Å². The standard InChI is InChI=1S/C20H28N6O2/c1-15-22-18(20(27)24-16-4-6-17(7-5-16)25(2)3)14-19(23-15)21-8-9-26-10-12-28-13-11-26/h4-7,14H,8-13H2,1-3H3,(H,24,27)(H,21,22,23). The summed E-state index contributed by atoms with van der Waals surface area (Å²) in [4.78, 5) is 25.6. The summed E-state index contributed by atoms with van der Waals surface area (Å²) in [7, 11) is 3.95. The highest BCUT2D eigenvalue weighted by Crippen LogP contribution is 2.17. The Kier molecular flexibility index (Phi) is 6.78. The van der Waals surface area contributed by atoms with E-state index >= 15 is 0 Å². The van der Waals surface area contributed by atoms with Crippen LogP contribution in [0.15, 0.2) is 30.3 Å². The van der Waals surface area contributed by atoms with Crippen LogP contribution >= 0.6 is 0 Å². The first-order chi connectivity index (χ1) is 13.5. The summed E-state index contributed by atoms with van der Waals surface area (Å²) in [6.45, 7) is 6.92. The van der Waals surface area contributed by atoms with Crippen molar-refractivity contribution in [3.63, 3.8) is 0 Å². The summed E-state index contributed by atoms with van der Waals surface area (Å²) in [5.41, 5.74) is 2.15. The fourth-order valence-corrected chi connectivity index (χ4v) is 2.98. The molecule has 1 saturated heterocycles. The van der Waals surface area contributed by atoms with Crippen LogP contribution in [0.5, 0.6) is 0 Å². The molecule has 0 atom stereocenters. The first-order valence-corrected chi connectivity index (χ1v) is 9.49. The summed E-state index contributed by atoms with van der Waals surface area (Å²) in [6, 6.07) is 9.36. The Hall–Kier alpha value is -2.71. The minimum atomic E-state index is -0.251. The van der Waals surface area contributed by atoms with E-state index in [1.807, 2.05) is 43.3 Å². The lowest BCUT2D eigenvalue weighted by atomic mass is 10.2. The number of amides is 1. The lowest BCUT2D eigenvalue weighted by molar-refractivity contribution is 0.0398. The first kappa shape index (κ1) is 20.0. The quantitative estimate of drug-likeness (QED) is 0.754. The molecule has 0 unspecified atom stereocenters. The predicted octanol–water partition coefficient (Wildman–Crippen LogP) is 1.85. The Balaban J connectivity index is 1.58. The van der Waals surface area contributed by atoms with Crippen LogP contribution in [0.4, 0.5) is 17.2 Å². The van der Waals surface area contributed by atoms with Crippen molar-refractivity contribution in [2.45, 2.75) is 6.92 Å². The van der Waals surface area contributed by atoms with Gasteiger partial charge in [-0.25, -0.2) is 9.97 Å². The summed E-state index contributed by atoms with van der Waals surface area (Å²) < 4.78 is 5.36. The maximum atomic E-state index is 12.6. The molecule has 8 nitrogen and oxygen atoms in total. The fraction of sp³-hybridized carbons (Fsp3) is 0.450. The maximum Gasteiger partial charge on any atom is 0.274 e. The normalized spacial score (nSPS) is 14.5. The van der Waals surface area contributed by atoms with E-state index in [0.717, 1.165) is 50.8 Å². The number of hydrogen-bond donors (Lipinski definition) is 2. The molecule has 28 heavy (non-hydrogen) atoms. The largest absolute Gasteiger partial charge is 0.379 e. The van der Waals surface area contributed by atoms with Crippen LogP contribution in [0.3, 0.4) is 0 Å². The molecule has 1 fully saturated rings. The van der Waals surface area contributed by atoms with Crippen molar-refractivity contribution in [3.8, 4) is 0 Å². The van der Waals surface area contributed by atoms with Crippen LogP contribution in [-0.4, -0.2) is 74.3 Å². The van der Waals surface area contributed by atoms with E-state index in [0.29, 0.717) is 17.3 Å². The van der Waals surface area contributed by atoms with Gasteiger partial charge in [0.1, 0.15) is 17.3 Å². The number of rotatable bonds is 7. The second kappa shape index (κ2) is 9.48. The molecule has 8 heteroatoms. The topological polar surface area (TPSA) is 82.6 Å². The molecule has 0 bridgehead atoms. The van der Waals surface area contributed by atoms with Crippen LogP contribution in [0.25, 0.3) is 0 Å². The van der Waals surface area contributed by atoms with Crippen LogP contribution < -0.4 is 15.5 Å². The monoisotopic (exact) mass is 384 g/mol. The Morgan fingerprint density at radius 2 is 1.89 bits per heavy atom. The number of aromatic nitrogens is 2. The Labute approximate surface area is 165 Å². The van der Waals surface area contributed by atoms with Gasteiger partial charge in [-0.2, -0.15) is 0 Å². The molecule has 0 aliphatic carbocycles. The van der Waals surface area contributed by atoms with Crippen molar-refractivity contribution in [2.24, 2.45) is 0 Å². The highest BCUT2D eigenvalue weighted by atomic mass is 16.5. The average molecular weight is 384 g/mol.